The number of anilines is 1. The van der Waals surface area contributed by atoms with E-state index in [0.29, 0.717) is 16.7 Å². The third kappa shape index (κ3) is 2.56. The number of amides is 1. The van der Waals surface area contributed by atoms with Gasteiger partial charge in [0.2, 0.25) is 0 Å². The van der Waals surface area contributed by atoms with Crippen molar-refractivity contribution in [3.63, 3.8) is 0 Å². The zero-order valence-electron chi connectivity index (χ0n) is 11.6. The Morgan fingerprint density at radius 2 is 2.26 bits per heavy atom. The average molecular weight is 262 g/mol. The number of rotatable bonds is 4. The van der Waals surface area contributed by atoms with Gasteiger partial charge in [-0.2, -0.15) is 0 Å². The molecule has 1 amide bonds. The molecule has 0 aliphatic carbocycles. The number of hydrazine groups is 1. The number of nitrogens with zero attached hydrogens (tertiary/aromatic N) is 2. The van der Waals surface area contributed by atoms with Crippen LogP contribution in [0.3, 0.4) is 0 Å². The standard InChI is InChI=1S/C14H22N4O/c1-3-14(4-2)6-8-18(10-14)13(19)11-5-7-16-9-12(11)17-15/h5,7,9,17H,3-4,6,8,10,15H2,1-2H3. The lowest BCUT2D eigenvalue weighted by Gasteiger charge is -2.26. The maximum atomic E-state index is 12.5. The zero-order valence-corrected chi connectivity index (χ0v) is 11.6. The summed E-state index contributed by atoms with van der Waals surface area (Å²) < 4.78 is 0. The molecule has 2 rings (SSSR count). The average Bonchev–Trinajstić information content (AvgIpc) is 2.91. The van der Waals surface area contributed by atoms with Crippen LogP contribution in [0.1, 0.15) is 43.5 Å². The van der Waals surface area contributed by atoms with Crippen LogP contribution in [-0.4, -0.2) is 28.9 Å². The molecule has 3 N–H and O–H groups in total. The van der Waals surface area contributed by atoms with Gasteiger partial charge in [0, 0.05) is 19.3 Å². The lowest BCUT2D eigenvalue weighted by Crippen LogP contribution is -2.32. The van der Waals surface area contributed by atoms with Crippen LogP contribution in [0.2, 0.25) is 0 Å². The van der Waals surface area contributed by atoms with Crippen LogP contribution in [0, 0.1) is 5.41 Å². The van der Waals surface area contributed by atoms with Gasteiger partial charge >= 0.3 is 0 Å². The summed E-state index contributed by atoms with van der Waals surface area (Å²) in [6.45, 7) is 6.07. The highest BCUT2D eigenvalue weighted by molar-refractivity contribution is 5.99. The molecule has 0 unspecified atom stereocenters. The fourth-order valence-electron chi connectivity index (χ4n) is 2.80. The van der Waals surface area contributed by atoms with Gasteiger partial charge in [-0.05, 0) is 30.7 Å². The van der Waals surface area contributed by atoms with Crippen LogP contribution in [0.25, 0.3) is 0 Å². The smallest absolute Gasteiger partial charge is 0.256 e. The van der Waals surface area contributed by atoms with Gasteiger partial charge in [0.25, 0.3) is 5.91 Å². The Balaban J connectivity index is 2.18. The first-order valence-electron chi connectivity index (χ1n) is 6.85. The summed E-state index contributed by atoms with van der Waals surface area (Å²) >= 11 is 0. The zero-order chi connectivity index (χ0) is 13.9. The molecular weight excluding hydrogens is 240 g/mol. The van der Waals surface area contributed by atoms with Gasteiger partial charge < -0.3 is 10.3 Å². The number of pyridine rings is 1. The second kappa shape index (κ2) is 5.57. The highest BCUT2D eigenvalue weighted by atomic mass is 16.2. The molecule has 5 heteroatoms. The van der Waals surface area contributed by atoms with Crippen molar-refractivity contribution in [2.45, 2.75) is 33.1 Å². The molecule has 1 saturated heterocycles. The van der Waals surface area contributed by atoms with Crippen molar-refractivity contribution < 1.29 is 4.79 Å². The Morgan fingerprint density at radius 3 is 2.84 bits per heavy atom. The molecule has 0 spiro atoms. The maximum Gasteiger partial charge on any atom is 0.256 e. The molecule has 0 aromatic carbocycles. The van der Waals surface area contributed by atoms with E-state index >= 15 is 0 Å². The summed E-state index contributed by atoms with van der Waals surface area (Å²) in [6, 6.07) is 1.72. The fraction of sp³-hybridized carbons (Fsp3) is 0.571. The van der Waals surface area contributed by atoms with Gasteiger partial charge in [-0.1, -0.05) is 13.8 Å². The summed E-state index contributed by atoms with van der Waals surface area (Å²) in [7, 11) is 0. The Hall–Kier alpha value is -1.62. The van der Waals surface area contributed by atoms with Crippen LogP contribution in [-0.2, 0) is 0 Å². The van der Waals surface area contributed by atoms with Crippen molar-refractivity contribution in [2.75, 3.05) is 18.5 Å². The van der Waals surface area contributed by atoms with E-state index in [4.69, 9.17) is 5.84 Å². The number of nitrogens with one attached hydrogen (secondary N) is 1. The normalized spacial score (nSPS) is 17.5. The van der Waals surface area contributed by atoms with Crippen LogP contribution in [0.5, 0.6) is 0 Å². The quantitative estimate of drug-likeness (QED) is 0.643. The largest absolute Gasteiger partial charge is 0.338 e. The molecule has 2 heterocycles. The van der Waals surface area contributed by atoms with Crippen molar-refractivity contribution in [3.8, 4) is 0 Å². The summed E-state index contributed by atoms with van der Waals surface area (Å²) in [5, 5.41) is 0. The van der Waals surface area contributed by atoms with Gasteiger partial charge in [-0.25, -0.2) is 0 Å². The second-order valence-corrected chi connectivity index (χ2v) is 5.25. The molecule has 0 atom stereocenters. The molecular formula is C14H22N4O. The molecule has 0 saturated carbocycles. The lowest BCUT2D eigenvalue weighted by atomic mass is 9.82. The molecule has 104 valence electrons. The molecule has 5 nitrogen and oxygen atoms in total. The van der Waals surface area contributed by atoms with Crippen molar-refractivity contribution in [3.05, 3.63) is 24.0 Å². The number of likely N-dealkylation sites (tertiary alicyclic amines) is 1. The minimum absolute atomic E-state index is 0.0409. The van der Waals surface area contributed by atoms with E-state index in [0.717, 1.165) is 32.4 Å². The second-order valence-electron chi connectivity index (χ2n) is 5.25. The topological polar surface area (TPSA) is 71.2 Å². The summed E-state index contributed by atoms with van der Waals surface area (Å²) in [5.74, 6) is 5.47. The van der Waals surface area contributed by atoms with Crippen molar-refractivity contribution >= 4 is 11.6 Å². The first kappa shape index (κ1) is 13.8. The molecule has 0 radical (unpaired) electrons. The lowest BCUT2D eigenvalue weighted by molar-refractivity contribution is 0.0770. The Bertz CT molecular complexity index is 457. The summed E-state index contributed by atoms with van der Waals surface area (Å²) in [5.41, 5.74) is 4.01. The first-order valence-corrected chi connectivity index (χ1v) is 6.85. The van der Waals surface area contributed by atoms with Gasteiger partial charge in [0.05, 0.1) is 17.4 Å². The Kier molecular flexibility index (Phi) is 4.04. The van der Waals surface area contributed by atoms with Gasteiger partial charge in [0.1, 0.15) is 0 Å². The van der Waals surface area contributed by atoms with E-state index in [9.17, 15) is 4.79 Å². The number of hydrogen-bond acceptors (Lipinski definition) is 4. The van der Waals surface area contributed by atoms with Crippen LogP contribution in [0.4, 0.5) is 5.69 Å². The summed E-state index contributed by atoms with van der Waals surface area (Å²) in [6.07, 6.45) is 6.52. The third-order valence-corrected chi connectivity index (χ3v) is 4.43. The highest BCUT2D eigenvalue weighted by Gasteiger charge is 2.37. The molecule has 1 aliphatic heterocycles. The number of nitrogens with two attached hydrogens (primary N) is 1. The number of carbonyl (C=O) groups excluding carboxylic acids is 1. The number of hydrogen-bond donors (Lipinski definition) is 2. The molecule has 1 aromatic heterocycles. The van der Waals surface area contributed by atoms with Crippen molar-refractivity contribution in [1.29, 1.82) is 0 Å². The number of carbonyl (C=O) groups is 1. The van der Waals surface area contributed by atoms with Gasteiger partial charge in [0.15, 0.2) is 0 Å². The first-order chi connectivity index (χ1) is 9.15. The minimum Gasteiger partial charge on any atom is -0.338 e. The number of aromatic nitrogens is 1. The molecule has 19 heavy (non-hydrogen) atoms. The van der Waals surface area contributed by atoms with Crippen molar-refractivity contribution in [2.24, 2.45) is 11.3 Å². The molecule has 1 aromatic rings. The highest BCUT2D eigenvalue weighted by Crippen LogP contribution is 2.37. The monoisotopic (exact) mass is 262 g/mol. The Morgan fingerprint density at radius 1 is 1.53 bits per heavy atom. The predicted molar refractivity (Wildman–Crippen MR) is 75.6 cm³/mol. The van der Waals surface area contributed by atoms with Crippen molar-refractivity contribution in [1.82, 2.24) is 9.88 Å². The van der Waals surface area contributed by atoms with E-state index in [1.807, 2.05) is 4.90 Å². The van der Waals surface area contributed by atoms with Gasteiger partial charge in [-0.15, -0.1) is 0 Å². The van der Waals surface area contributed by atoms with Crippen LogP contribution >= 0.6 is 0 Å². The Labute approximate surface area is 114 Å². The molecule has 0 bridgehead atoms. The summed E-state index contributed by atoms with van der Waals surface area (Å²) in [4.78, 5) is 18.5. The van der Waals surface area contributed by atoms with E-state index in [1.165, 1.54) is 0 Å². The third-order valence-electron chi connectivity index (χ3n) is 4.43. The van der Waals surface area contributed by atoms with Gasteiger partial charge in [-0.3, -0.25) is 15.6 Å². The van der Waals surface area contributed by atoms with E-state index in [2.05, 4.69) is 24.3 Å². The number of nitrogen functional groups attached to an aromatic ring is 1. The fourth-order valence-corrected chi connectivity index (χ4v) is 2.80. The van der Waals surface area contributed by atoms with Crippen LogP contribution in [0.15, 0.2) is 18.5 Å². The van der Waals surface area contributed by atoms with E-state index in [-0.39, 0.29) is 5.91 Å². The van der Waals surface area contributed by atoms with Crippen LogP contribution < -0.4 is 11.3 Å². The SMILES string of the molecule is CCC1(CC)CCN(C(=O)c2ccncc2NN)C1. The molecule has 1 aliphatic rings. The van der Waals surface area contributed by atoms with E-state index in [1.54, 1.807) is 18.5 Å². The van der Waals surface area contributed by atoms with E-state index < -0.39 is 0 Å². The minimum atomic E-state index is 0.0409. The predicted octanol–water partition coefficient (Wildman–Crippen LogP) is 2.02. The maximum absolute atomic E-state index is 12.5. The molecule has 1 fully saturated rings.